The summed E-state index contributed by atoms with van der Waals surface area (Å²) in [5.74, 6) is -0.726. The monoisotopic (exact) mass is 254 g/mol. The molecule has 0 spiro atoms. The highest BCUT2D eigenvalue weighted by molar-refractivity contribution is 5.19. The maximum atomic E-state index is 13.5. The van der Waals surface area contributed by atoms with Crippen LogP contribution < -0.4 is 0 Å². The van der Waals surface area contributed by atoms with E-state index in [9.17, 15) is 13.9 Å². The molecule has 1 fully saturated rings. The smallest absolute Gasteiger partial charge is 0.126 e. The lowest BCUT2D eigenvalue weighted by molar-refractivity contribution is 0.0536. The summed E-state index contributed by atoms with van der Waals surface area (Å²) in [4.78, 5) is 0. The molecule has 0 aromatic heterocycles. The number of hydrogen-bond donors (Lipinski definition) is 1. The van der Waals surface area contributed by atoms with E-state index in [0.717, 1.165) is 31.4 Å². The SMILES string of the molecule is CC1(C)CCCC1C(O)Cc1cc(F)ccc1F. The van der Waals surface area contributed by atoms with Crippen LogP contribution in [0.3, 0.4) is 0 Å². The van der Waals surface area contributed by atoms with Crippen molar-refractivity contribution in [3.8, 4) is 0 Å². The molecule has 1 nitrogen and oxygen atoms in total. The van der Waals surface area contributed by atoms with E-state index >= 15 is 0 Å². The summed E-state index contributed by atoms with van der Waals surface area (Å²) >= 11 is 0. The molecule has 0 bridgehead atoms. The van der Waals surface area contributed by atoms with Crippen molar-refractivity contribution in [3.63, 3.8) is 0 Å². The zero-order valence-corrected chi connectivity index (χ0v) is 10.9. The van der Waals surface area contributed by atoms with E-state index in [2.05, 4.69) is 13.8 Å². The average molecular weight is 254 g/mol. The molecule has 0 amide bonds. The normalized spacial score (nSPS) is 24.2. The van der Waals surface area contributed by atoms with Crippen LogP contribution in [0.4, 0.5) is 8.78 Å². The molecule has 1 aromatic rings. The second-order valence-electron chi connectivity index (χ2n) is 5.99. The Hall–Kier alpha value is -0.960. The molecule has 100 valence electrons. The van der Waals surface area contributed by atoms with Gasteiger partial charge in [0.25, 0.3) is 0 Å². The maximum Gasteiger partial charge on any atom is 0.126 e. The number of halogens is 2. The second kappa shape index (κ2) is 4.96. The lowest BCUT2D eigenvalue weighted by Crippen LogP contribution is -2.31. The van der Waals surface area contributed by atoms with E-state index < -0.39 is 17.7 Å². The molecular weight excluding hydrogens is 234 g/mol. The lowest BCUT2D eigenvalue weighted by Gasteiger charge is -2.31. The zero-order chi connectivity index (χ0) is 13.3. The predicted octanol–water partition coefficient (Wildman–Crippen LogP) is 3.69. The topological polar surface area (TPSA) is 20.2 Å². The Labute approximate surface area is 107 Å². The minimum Gasteiger partial charge on any atom is -0.392 e. The summed E-state index contributed by atoms with van der Waals surface area (Å²) in [5.41, 5.74) is 0.355. The molecule has 1 aliphatic rings. The van der Waals surface area contributed by atoms with Crippen LogP contribution in [0.5, 0.6) is 0 Å². The van der Waals surface area contributed by atoms with Crippen LogP contribution in [0.1, 0.15) is 38.7 Å². The van der Waals surface area contributed by atoms with Crippen molar-refractivity contribution >= 4 is 0 Å². The van der Waals surface area contributed by atoms with E-state index in [1.54, 1.807) is 0 Å². The van der Waals surface area contributed by atoms with E-state index in [0.29, 0.717) is 0 Å². The third-order valence-corrected chi connectivity index (χ3v) is 4.24. The Balaban J connectivity index is 2.11. The lowest BCUT2D eigenvalue weighted by atomic mass is 9.77. The molecule has 1 aromatic carbocycles. The van der Waals surface area contributed by atoms with Crippen molar-refractivity contribution in [2.75, 3.05) is 0 Å². The van der Waals surface area contributed by atoms with Crippen LogP contribution >= 0.6 is 0 Å². The second-order valence-corrected chi connectivity index (χ2v) is 5.99. The van der Waals surface area contributed by atoms with E-state index in [-0.39, 0.29) is 23.3 Å². The number of aliphatic hydroxyl groups excluding tert-OH is 1. The number of rotatable bonds is 3. The summed E-state index contributed by atoms with van der Waals surface area (Å²) in [7, 11) is 0. The van der Waals surface area contributed by atoms with Crippen LogP contribution in [-0.4, -0.2) is 11.2 Å². The van der Waals surface area contributed by atoms with Crippen molar-refractivity contribution in [2.24, 2.45) is 11.3 Å². The highest BCUT2D eigenvalue weighted by atomic mass is 19.1. The van der Waals surface area contributed by atoms with Gasteiger partial charge in [-0.1, -0.05) is 20.3 Å². The molecule has 1 saturated carbocycles. The van der Waals surface area contributed by atoms with Crippen molar-refractivity contribution < 1.29 is 13.9 Å². The van der Waals surface area contributed by atoms with Crippen molar-refractivity contribution in [2.45, 2.75) is 45.6 Å². The molecule has 2 atom stereocenters. The Morgan fingerprint density at radius 2 is 2.11 bits per heavy atom. The first kappa shape index (κ1) is 13.5. The van der Waals surface area contributed by atoms with Crippen LogP contribution in [-0.2, 0) is 6.42 Å². The first-order valence-electron chi connectivity index (χ1n) is 6.52. The summed E-state index contributed by atoms with van der Waals surface area (Å²) in [6.07, 6.45) is 2.74. The highest BCUT2D eigenvalue weighted by Gasteiger charge is 2.38. The first-order valence-corrected chi connectivity index (χ1v) is 6.52. The minimum absolute atomic E-state index is 0.0865. The Bertz CT molecular complexity index is 429. The van der Waals surface area contributed by atoms with Gasteiger partial charge in [-0.3, -0.25) is 0 Å². The standard InChI is InChI=1S/C15H20F2O/c1-15(2)7-3-4-12(15)14(18)9-10-8-11(16)5-6-13(10)17/h5-6,8,12,14,18H,3-4,7,9H2,1-2H3. The molecule has 3 heteroatoms. The summed E-state index contributed by atoms with van der Waals surface area (Å²) in [5, 5.41) is 10.3. The number of benzene rings is 1. The predicted molar refractivity (Wildman–Crippen MR) is 67.2 cm³/mol. The minimum atomic E-state index is -0.598. The van der Waals surface area contributed by atoms with Crippen LogP contribution in [0.2, 0.25) is 0 Å². The van der Waals surface area contributed by atoms with Gasteiger partial charge in [0.1, 0.15) is 11.6 Å². The Kier molecular flexibility index (Phi) is 3.71. The van der Waals surface area contributed by atoms with Crippen molar-refractivity contribution in [3.05, 3.63) is 35.4 Å². The third kappa shape index (κ3) is 2.72. The van der Waals surface area contributed by atoms with Crippen LogP contribution in [0.25, 0.3) is 0 Å². The molecule has 1 aliphatic carbocycles. The first-order chi connectivity index (χ1) is 8.40. The summed E-state index contributed by atoms with van der Waals surface area (Å²) in [6, 6.07) is 3.41. The molecule has 2 rings (SSSR count). The molecule has 0 saturated heterocycles. The largest absolute Gasteiger partial charge is 0.392 e. The van der Waals surface area contributed by atoms with E-state index in [4.69, 9.17) is 0 Å². The van der Waals surface area contributed by atoms with Crippen molar-refractivity contribution in [1.82, 2.24) is 0 Å². The maximum absolute atomic E-state index is 13.5. The molecule has 2 unspecified atom stereocenters. The number of hydrogen-bond acceptors (Lipinski definition) is 1. The van der Waals surface area contributed by atoms with Crippen LogP contribution in [0.15, 0.2) is 18.2 Å². The zero-order valence-electron chi connectivity index (χ0n) is 10.9. The van der Waals surface area contributed by atoms with Gasteiger partial charge in [0.05, 0.1) is 6.10 Å². The number of aliphatic hydroxyl groups is 1. The van der Waals surface area contributed by atoms with Gasteiger partial charge in [-0.15, -0.1) is 0 Å². The van der Waals surface area contributed by atoms with Gasteiger partial charge in [-0.25, -0.2) is 8.78 Å². The fourth-order valence-electron chi connectivity index (χ4n) is 3.13. The third-order valence-electron chi connectivity index (χ3n) is 4.24. The molecule has 0 heterocycles. The van der Waals surface area contributed by atoms with Gasteiger partial charge in [-0.2, -0.15) is 0 Å². The van der Waals surface area contributed by atoms with Crippen molar-refractivity contribution in [1.29, 1.82) is 0 Å². The fourth-order valence-corrected chi connectivity index (χ4v) is 3.13. The summed E-state index contributed by atoms with van der Waals surface area (Å²) < 4.78 is 26.6. The van der Waals surface area contributed by atoms with Gasteiger partial charge in [0.15, 0.2) is 0 Å². The van der Waals surface area contributed by atoms with Gasteiger partial charge >= 0.3 is 0 Å². The van der Waals surface area contributed by atoms with Gasteiger partial charge < -0.3 is 5.11 Å². The molecule has 18 heavy (non-hydrogen) atoms. The molecular formula is C15H20F2O. The fraction of sp³-hybridized carbons (Fsp3) is 0.600. The van der Waals surface area contributed by atoms with E-state index in [1.807, 2.05) is 0 Å². The van der Waals surface area contributed by atoms with Gasteiger partial charge in [0.2, 0.25) is 0 Å². The molecule has 0 aliphatic heterocycles. The molecule has 0 radical (unpaired) electrons. The Morgan fingerprint density at radius 3 is 2.72 bits per heavy atom. The van der Waals surface area contributed by atoms with Gasteiger partial charge in [0, 0.05) is 6.42 Å². The quantitative estimate of drug-likeness (QED) is 0.872. The molecule has 1 N–H and O–H groups in total. The van der Waals surface area contributed by atoms with Crippen LogP contribution in [0, 0.1) is 23.0 Å². The summed E-state index contributed by atoms with van der Waals surface area (Å²) in [6.45, 7) is 4.27. The highest BCUT2D eigenvalue weighted by Crippen LogP contribution is 2.44. The average Bonchev–Trinajstić information content (AvgIpc) is 2.63. The Morgan fingerprint density at radius 1 is 1.39 bits per heavy atom. The van der Waals surface area contributed by atoms with E-state index in [1.165, 1.54) is 6.07 Å². The van der Waals surface area contributed by atoms with Gasteiger partial charge in [-0.05, 0) is 47.9 Å².